The largest absolute Gasteiger partial charge is 0.292 e. The highest BCUT2D eigenvalue weighted by atomic mass is 15.1. The minimum absolute atomic E-state index is 0.708. The summed E-state index contributed by atoms with van der Waals surface area (Å²) in [6.07, 6.45) is 9.44. The number of terminal acetylenes is 1. The van der Waals surface area contributed by atoms with Gasteiger partial charge in [-0.05, 0) is 38.3 Å². The van der Waals surface area contributed by atoms with Crippen LogP contribution in [-0.2, 0) is 0 Å². The highest BCUT2D eigenvalue weighted by Crippen LogP contribution is 2.20. The van der Waals surface area contributed by atoms with Gasteiger partial charge in [-0.25, -0.2) is 0 Å². The molecule has 1 fully saturated rings. The maximum absolute atomic E-state index is 8.45. The fraction of sp³-hybridized carbons (Fsp3) is 0.727. The van der Waals surface area contributed by atoms with Gasteiger partial charge in [0.2, 0.25) is 0 Å². The molecule has 1 saturated heterocycles. The Kier molecular flexibility index (Phi) is 4.36. The molecule has 0 aliphatic carbocycles. The Labute approximate surface area is 80.5 Å². The molecule has 0 aromatic carbocycles. The van der Waals surface area contributed by atoms with Crippen LogP contribution in [0.1, 0.15) is 25.7 Å². The zero-order chi connectivity index (χ0) is 9.52. The molecule has 0 bridgehead atoms. The summed E-state index contributed by atoms with van der Waals surface area (Å²) in [7, 11) is 0. The first-order chi connectivity index (χ1) is 6.36. The molecule has 0 aromatic rings. The van der Waals surface area contributed by atoms with E-state index in [1.165, 1.54) is 12.8 Å². The first-order valence-corrected chi connectivity index (χ1v) is 4.89. The van der Waals surface area contributed by atoms with E-state index in [0.717, 1.165) is 32.0 Å². The second-order valence-corrected chi connectivity index (χ2v) is 3.62. The molecule has 0 atom stereocenters. The lowest BCUT2D eigenvalue weighted by Crippen LogP contribution is -2.33. The Balaban J connectivity index is 2.16. The molecule has 0 radical (unpaired) electrons. The Hall–Kier alpha value is -0.990. The molecule has 13 heavy (non-hydrogen) atoms. The van der Waals surface area contributed by atoms with Crippen LogP contribution in [0.4, 0.5) is 0 Å². The number of nitriles is 1. The van der Waals surface area contributed by atoms with E-state index in [1.807, 2.05) is 0 Å². The van der Waals surface area contributed by atoms with Crippen molar-refractivity contribution >= 4 is 0 Å². The van der Waals surface area contributed by atoms with E-state index in [9.17, 15) is 0 Å². The number of likely N-dealkylation sites (tertiary alicyclic amines) is 1. The van der Waals surface area contributed by atoms with Crippen molar-refractivity contribution in [3.05, 3.63) is 0 Å². The van der Waals surface area contributed by atoms with Crippen LogP contribution in [0.3, 0.4) is 0 Å². The topological polar surface area (TPSA) is 27.0 Å². The van der Waals surface area contributed by atoms with Crippen molar-refractivity contribution in [1.82, 2.24) is 4.90 Å². The van der Waals surface area contributed by atoms with E-state index in [-0.39, 0.29) is 0 Å². The van der Waals surface area contributed by atoms with Crippen molar-refractivity contribution in [1.29, 1.82) is 5.26 Å². The number of hydrogen-bond acceptors (Lipinski definition) is 2. The van der Waals surface area contributed by atoms with Crippen LogP contribution in [0.2, 0.25) is 0 Å². The number of piperidine rings is 1. The fourth-order valence-electron chi connectivity index (χ4n) is 1.83. The summed E-state index contributed by atoms with van der Waals surface area (Å²) in [5, 5.41) is 8.45. The molecule has 0 aromatic heterocycles. The molecule has 70 valence electrons. The average molecular weight is 176 g/mol. The Morgan fingerprint density at radius 2 is 2.08 bits per heavy atom. The van der Waals surface area contributed by atoms with Gasteiger partial charge in [0.1, 0.15) is 0 Å². The number of nitrogens with zero attached hydrogens (tertiary/aromatic N) is 2. The molecule has 1 aliphatic heterocycles. The van der Waals surface area contributed by atoms with Crippen molar-refractivity contribution in [2.75, 3.05) is 19.6 Å². The molecule has 2 heteroatoms. The Morgan fingerprint density at radius 3 is 2.62 bits per heavy atom. The van der Waals surface area contributed by atoms with Crippen LogP contribution >= 0.6 is 0 Å². The quantitative estimate of drug-likeness (QED) is 0.611. The van der Waals surface area contributed by atoms with Crippen LogP contribution in [0.15, 0.2) is 0 Å². The van der Waals surface area contributed by atoms with Crippen molar-refractivity contribution in [2.24, 2.45) is 5.92 Å². The summed E-state index contributed by atoms with van der Waals surface area (Å²) in [4.78, 5) is 2.31. The van der Waals surface area contributed by atoms with E-state index >= 15 is 0 Å². The van der Waals surface area contributed by atoms with Crippen LogP contribution in [0.25, 0.3) is 0 Å². The second-order valence-electron chi connectivity index (χ2n) is 3.62. The number of rotatable bonds is 3. The third-order valence-corrected chi connectivity index (χ3v) is 2.69. The van der Waals surface area contributed by atoms with E-state index in [2.05, 4.69) is 16.9 Å². The van der Waals surface area contributed by atoms with Gasteiger partial charge in [-0.3, -0.25) is 4.90 Å². The molecule has 0 amide bonds. The van der Waals surface area contributed by atoms with Crippen LogP contribution in [0.5, 0.6) is 0 Å². The van der Waals surface area contributed by atoms with E-state index in [0.29, 0.717) is 6.42 Å². The van der Waals surface area contributed by atoms with E-state index in [4.69, 9.17) is 11.7 Å². The average Bonchev–Trinajstić information content (AvgIpc) is 2.17. The molecule has 1 aliphatic rings. The van der Waals surface area contributed by atoms with Crippen molar-refractivity contribution in [2.45, 2.75) is 25.7 Å². The summed E-state index contributed by atoms with van der Waals surface area (Å²) in [6.45, 7) is 3.01. The van der Waals surface area contributed by atoms with Gasteiger partial charge in [-0.15, -0.1) is 6.42 Å². The Morgan fingerprint density at radius 1 is 1.38 bits per heavy atom. The van der Waals surface area contributed by atoms with Gasteiger partial charge in [0.05, 0.1) is 12.6 Å². The van der Waals surface area contributed by atoms with E-state index in [1.54, 1.807) is 0 Å². The minimum Gasteiger partial charge on any atom is -0.292 e. The summed E-state index contributed by atoms with van der Waals surface area (Å²) < 4.78 is 0. The van der Waals surface area contributed by atoms with Crippen LogP contribution in [-0.4, -0.2) is 24.5 Å². The summed E-state index contributed by atoms with van der Waals surface area (Å²) in [5.41, 5.74) is 0. The Bertz CT molecular complexity index is 213. The SMILES string of the molecule is C#CCN1CCC(CCC#N)CC1. The van der Waals surface area contributed by atoms with E-state index < -0.39 is 0 Å². The lowest BCUT2D eigenvalue weighted by Gasteiger charge is -2.30. The maximum Gasteiger partial charge on any atom is 0.0621 e. The molecule has 0 N–H and O–H groups in total. The zero-order valence-corrected chi connectivity index (χ0v) is 8.00. The summed E-state index contributed by atoms with van der Waals surface area (Å²) in [5.74, 6) is 3.43. The predicted molar refractivity (Wildman–Crippen MR) is 52.8 cm³/mol. The van der Waals surface area contributed by atoms with Gasteiger partial charge in [-0.2, -0.15) is 5.26 Å². The smallest absolute Gasteiger partial charge is 0.0621 e. The highest BCUT2D eigenvalue weighted by Gasteiger charge is 2.17. The molecule has 0 unspecified atom stereocenters. The van der Waals surface area contributed by atoms with Gasteiger partial charge >= 0.3 is 0 Å². The normalized spacial score (nSPS) is 19.2. The number of hydrogen-bond donors (Lipinski definition) is 0. The molecule has 1 rings (SSSR count). The van der Waals surface area contributed by atoms with Crippen molar-refractivity contribution in [3.8, 4) is 18.4 Å². The van der Waals surface area contributed by atoms with Gasteiger partial charge in [0.25, 0.3) is 0 Å². The van der Waals surface area contributed by atoms with Crippen LogP contribution < -0.4 is 0 Å². The first-order valence-electron chi connectivity index (χ1n) is 4.89. The van der Waals surface area contributed by atoms with Gasteiger partial charge < -0.3 is 0 Å². The fourth-order valence-corrected chi connectivity index (χ4v) is 1.83. The molecular weight excluding hydrogens is 160 g/mol. The van der Waals surface area contributed by atoms with Gasteiger partial charge in [0, 0.05) is 6.42 Å². The van der Waals surface area contributed by atoms with Crippen LogP contribution in [0, 0.1) is 29.6 Å². The van der Waals surface area contributed by atoms with Gasteiger partial charge in [0.15, 0.2) is 0 Å². The first kappa shape index (κ1) is 10.1. The third kappa shape index (κ3) is 3.49. The molecule has 0 spiro atoms. The molecule has 0 saturated carbocycles. The molecule has 2 nitrogen and oxygen atoms in total. The monoisotopic (exact) mass is 176 g/mol. The summed E-state index contributed by atoms with van der Waals surface area (Å²) in [6, 6.07) is 2.21. The van der Waals surface area contributed by atoms with Crippen molar-refractivity contribution < 1.29 is 0 Å². The predicted octanol–water partition coefficient (Wildman–Crippen LogP) is 1.64. The van der Waals surface area contributed by atoms with Gasteiger partial charge in [-0.1, -0.05) is 5.92 Å². The third-order valence-electron chi connectivity index (χ3n) is 2.69. The minimum atomic E-state index is 0.708. The summed E-state index contributed by atoms with van der Waals surface area (Å²) >= 11 is 0. The maximum atomic E-state index is 8.45. The second kappa shape index (κ2) is 5.62. The van der Waals surface area contributed by atoms with Crippen molar-refractivity contribution in [3.63, 3.8) is 0 Å². The zero-order valence-electron chi connectivity index (χ0n) is 8.00. The standard InChI is InChI=1S/C11H16N2/c1-2-8-13-9-5-11(6-10-13)4-3-7-12/h1,11H,3-6,8-10H2. The lowest BCUT2D eigenvalue weighted by atomic mass is 9.92. The molecular formula is C11H16N2. The lowest BCUT2D eigenvalue weighted by molar-refractivity contribution is 0.198. The molecule has 1 heterocycles. The highest BCUT2D eigenvalue weighted by molar-refractivity contribution is 4.89.